The van der Waals surface area contributed by atoms with Crippen molar-refractivity contribution in [3.05, 3.63) is 149 Å². The summed E-state index contributed by atoms with van der Waals surface area (Å²) in [6.07, 6.45) is 24.1. The Morgan fingerprint density at radius 1 is 0.761 bits per heavy atom. The van der Waals surface area contributed by atoms with Crippen LogP contribution < -0.4 is 26.6 Å². The minimum absolute atomic E-state index is 0.000898. The highest BCUT2D eigenvalue weighted by molar-refractivity contribution is 5.82. The average Bonchev–Trinajstić information content (AvgIpc) is 3.08. The van der Waals surface area contributed by atoms with E-state index < -0.39 is 0 Å². The zero-order valence-corrected chi connectivity index (χ0v) is 28.4. The van der Waals surface area contributed by atoms with Crippen LogP contribution in [0.4, 0.5) is 0 Å². The minimum atomic E-state index is -0.0420. The van der Waals surface area contributed by atoms with Crippen molar-refractivity contribution >= 4 is 5.57 Å². The van der Waals surface area contributed by atoms with E-state index in [4.69, 9.17) is 0 Å². The predicted octanol–water partition coefficient (Wildman–Crippen LogP) is 7.62. The number of benzene rings is 2. The second kappa shape index (κ2) is 16.3. The van der Waals surface area contributed by atoms with Gasteiger partial charge in [0.05, 0.1) is 18.5 Å². The first kappa shape index (κ1) is 33.8. The van der Waals surface area contributed by atoms with Crippen LogP contribution >= 0.6 is 0 Å². The number of allylic oxidation sites excluding steroid dienone is 7. The van der Waals surface area contributed by atoms with Gasteiger partial charge in [-0.25, -0.2) is 0 Å². The normalized spacial score (nSPS) is 29.3. The Balaban J connectivity index is 1.51. The van der Waals surface area contributed by atoms with Crippen LogP contribution in [-0.4, -0.2) is 30.8 Å². The molecule has 0 aromatic heterocycles. The Morgan fingerprint density at radius 3 is 2.20 bits per heavy atom. The third-order valence-corrected chi connectivity index (χ3v) is 8.97. The van der Waals surface area contributed by atoms with Gasteiger partial charge in [0.25, 0.3) is 0 Å². The van der Waals surface area contributed by atoms with Crippen LogP contribution in [0, 0.1) is 11.8 Å². The van der Waals surface area contributed by atoms with E-state index in [0.29, 0.717) is 23.9 Å². The van der Waals surface area contributed by atoms with Crippen molar-refractivity contribution in [1.29, 1.82) is 0 Å². The van der Waals surface area contributed by atoms with Crippen molar-refractivity contribution in [3.63, 3.8) is 0 Å². The van der Waals surface area contributed by atoms with Gasteiger partial charge in [0.15, 0.2) is 0 Å². The molecule has 0 aliphatic carbocycles. The van der Waals surface area contributed by atoms with Crippen LogP contribution in [-0.2, 0) is 0 Å². The van der Waals surface area contributed by atoms with Crippen molar-refractivity contribution in [1.82, 2.24) is 26.6 Å². The van der Waals surface area contributed by atoms with E-state index in [2.05, 4.69) is 170 Å². The van der Waals surface area contributed by atoms with E-state index in [1.807, 2.05) is 19.1 Å². The molecule has 0 amide bonds. The molecule has 0 radical (unpaired) electrons. The number of hydrogen-bond donors (Lipinski definition) is 5. The average molecular weight is 616 g/mol. The first-order chi connectivity index (χ1) is 22.3. The topological polar surface area (TPSA) is 60.1 Å². The van der Waals surface area contributed by atoms with Crippen LogP contribution in [0.25, 0.3) is 5.57 Å². The van der Waals surface area contributed by atoms with Crippen molar-refractivity contribution < 1.29 is 0 Å². The standard InChI is InChI=1S/C41H53N5/c1-7-8-9-10-14-20-38-44-40(32-16-12-11-13-17-32)46-41(45-38)34-19-15-18-33(25-34)36-26-37(28(2)3)43-39(29(4)5)35(36)24-23-31-22-21-30(6)42-27-31/h7-26,28-30,37-46H,27H2,1-6H3/b8-7-,10-9-,20-14+,31-23-,35-24-. The maximum Gasteiger partial charge on any atom is 0.0864 e. The van der Waals surface area contributed by atoms with Crippen LogP contribution in [0.5, 0.6) is 0 Å². The lowest BCUT2D eigenvalue weighted by Crippen LogP contribution is -2.58. The summed E-state index contributed by atoms with van der Waals surface area (Å²) < 4.78 is 0. The summed E-state index contributed by atoms with van der Waals surface area (Å²) in [6.45, 7) is 14.4. The van der Waals surface area contributed by atoms with Gasteiger partial charge in [-0.05, 0) is 65.2 Å². The molecule has 3 heterocycles. The SMILES string of the molecule is C\C=C/C=C\C=C\C1NC(c2ccccc2)NC(c2cccc(C3=CC(C(C)C)NC(C(C)C)/C3=C\C=C3\C=CC(C)NC3)c2)N1. The van der Waals surface area contributed by atoms with Crippen LogP contribution in [0.3, 0.4) is 0 Å². The fraction of sp³-hybridized carbons (Fsp3) is 0.366. The summed E-state index contributed by atoms with van der Waals surface area (Å²) >= 11 is 0. The smallest absolute Gasteiger partial charge is 0.0864 e. The van der Waals surface area contributed by atoms with Crippen LogP contribution in [0.15, 0.2) is 133 Å². The molecule has 2 aromatic rings. The first-order valence-electron chi connectivity index (χ1n) is 17.0. The molecule has 5 rings (SSSR count). The van der Waals surface area contributed by atoms with Gasteiger partial charge in [-0.3, -0.25) is 16.0 Å². The molecule has 5 N–H and O–H groups in total. The lowest BCUT2D eigenvalue weighted by molar-refractivity contribution is 0.229. The lowest BCUT2D eigenvalue weighted by atomic mass is 9.80. The van der Waals surface area contributed by atoms with Crippen LogP contribution in [0.2, 0.25) is 0 Å². The second-order valence-corrected chi connectivity index (χ2v) is 13.3. The quantitative estimate of drug-likeness (QED) is 0.188. The van der Waals surface area contributed by atoms with Crippen molar-refractivity contribution in [2.75, 3.05) is 6.54 Å². The third kappa shape index (κ3) is 8.81. The largest absolute Gasteiger partial charge is 0.307 e. The number of nitrogens with one attached hydrogen (secondary N) is 5. The molecule has 0 spiro atoms. The van der Waals surface area contributed by atoms with Gasteiger partial charge in [-0.15, -0.1) is 0 Å². The molecule has 3 aliphatic heterocycles. The fourth-order valence-electron chi connectivity index (χ4n) is 6.28. The van der Waals surface area contributed by atoms with Crippen molar-refractivity contribution in [2.45, 2.75) is 78.2 Å². The van der Waals surface area contributed by atoms with Gasteiger partial charge in [0.1, 0.15) is 0 Å². The summed E-state index contributed by atoms with van der Waals surface area (Å²) in [5.41, 5.74) is 7.68. The van der Waals surface area contributed by atoms with E-state index in [9.17, 15) is 0 Å². The summed E-state index contributed by atoms with van der Waals surface area (Å²) in [5.74, 6) is 0.937. The van der Waals surface area contributed by atoms with Crippen LogP contribution in [0.1, 0.15) is 70.6 Å². The Hall–Kier alpha value is -3.58. The van der Waals surface area contributed by atoms with Gasteiger partial charge < -0.3 is 10.6 Å². The molecular weight excluding hydrogens is 562 g/mol. The molecule has 6 atom stereocenters. The molecular formula is C41H53N5. The maximum absolute atomic E-state index is 3.98. The monoisotopic (exact) mass is 615 g/mol. The summed E-state index contributed by atoms with van der Waals surface area (Å²) in [5, 5.41) is 18.9. The number of hydrogen-bond acceptors (Lipinski definition) is 5. The molecule has 5 heteroatoms. The lowest BCUT2D eigenvalue weighted by Gasteiger charge is -2.39. The zero-order valence-electron chi connectivity index (χ0n) is 28.4. The summed E-state index contributed by atoms with van der Waals surface area (Å²) in [7, 11) is 0. The Labute approximate surface area is 277 Å². The van der Waals surface area contributed by atoms with Crippen molar-refractivity contribution in [3.8, 4) is 0 Å². The second-order valence-electron chi connectivity index (χ2n) is 13.3. The first-order valence-corrected chi connectivity index (χ1v) is 17.0. The highest BCUT2D eigenvalue weighted by Crippen LogP contribution is 2.35. The molecule has 0 bridgehead atoms. The zero-order chi connectivity index (χ0) is 32.5. The van der Waals surface area contributed by atoms with Gasteiger partial charge in [-0.2, -0.15) is 0 Å². The number of rotatable bonds is 9. The molecule has 0 saturated carbocycles. The molecule has 46 heavy (non-hydrogen) atoms. The van der Waals surface area contributed by atoms with E-state index >= 15 is 0 Å². The summed E-state index contributed by atoms with van der Waals surface area (Å²) in [6, 6.07) is 20.7. The van der Waals surface area contributed by atoms with E-state index in [1.54, 1.807) is 0 Å². The van der Waals surface area contributed by atoms with Gasteiger partial charge >= 0.3 is 0 Å². The van der Waals surface area contributed by atoms with Gasteiger partial charge in [0.2, 0.25) is 0 Å². The molecule has 242 valence electrons. The van der Waals surface area contributed by atoms with Crippen molar-refractivity contribution in [2.24, 2.45) is 11.8 Å². The van der Waals surface area contributed by atoms with E-state index in [1.165, 1.54) is 33.4 Å². The molecule has 1 fully saturated rings. The summed E-state index contributed by atoms with van der Waals surface area (Å²) in [4.78, 5) is 0. The fourth-order valence-corrected chi connectivity index (χ4v) is 6.28. The highest BCUT2D eigenvalue weighted by Gasteiger charge is 2.31. The highest BCUT2D eigenvalue weighted by atomic mass is 15.3. The van der Waals surface area contributed by atoms with E-state index in [-0.39, 0.29) is 24.5 Å². The third-order valence-electron chi connectivity index (χ3n) is 8.97. The Morgan fingerprint density at radius 2 is 1.50 bits per heavy atom. The maximum atomic E-state index is 3.98. The van der Waals surface area contributed by atoms with E-state index in [0.717, 1.165) is 6.54 Å². The van der Waals surface area contributed by atoms with Gasteiger partial charge in [0, 0.05) is 24.7 Å². The Kier molecular flexibility index (Phi) is 12.0. The Bertz CT molecular complexity index is 1510. The minimum Gasteiger partial charge on any atom is -0.307 e. The van der Waals surface area contributed by atoms with Gasteiger partial charge in [-0.1, -0.05) is 143 Å². The predicted molar refractivity (Wildman–Crippen MR) is 196 cm³/mol. The molecule has 3 aliphatic rings. The molecule has 6 unspecified atom stereocenters. The molecule has 2 aromatic carbocycles. The molecule has 1 saturated heterocycles. The molecule has 5 nitrogen and oxygen atoms in total.